The van der Waals surface area contributed by atoms with Crippen molar-refractivity contribution in [3.05, 3.63) is 5.82 Å². The molecule has 0 fully saturated rings. The molecule has 0 saturated heterocycles. The van der Waals surface area contributed by atoms with Crippen molar-refractivity contribution in [3.8, 4) is 0 Å². The minimum atomic E-state index is 0.580. The van der Waals surface area contributed by atoms with Crippen LogP contribution in [0, 0.1) is 0 Å². The van der Waals surface area contributed by atoms with Crippen LogP contribution in [0.15, 0.2) is 0 Å². The quantitative estimate of drug-likeness (QED) is 0.669. The van der Waals surface area contributed by atoms with E-state index in [-0.39, 0.29) is 0 Å². The van der Waals surface area contributed by atoms with Crippen molar-refractivity contribution < 1.29 is 0 Å². The molecule has 0 bridgehead atoms. The molecular formula is C7H15N5S. The van der Waals surface area contributed by atoms with Crippen molar-refractivity contribution in [3.63, 3.8) is 0 Å². The van der Waals surface area contributed by atoms with E-state index >= 15 is 0 Å². The zero-order valence-corrected chi connectivity index (χ0v) is 8.63. The van der Waals surface area contributed by atoms with Gasteiger partial charge in [0.2, 0.25) is 0 Å². The second-order valence-corrected chi connectivity index (χ2v) is 3.76. The number of tetrazole rings is 1. The zero-order chi connectivity index (χ0) is 9.52. The second kappa shape index (κ2) is 5.93. The second-order valence-electron chi connectivity index (χ2n) is 2.66. The third-order valence-corrected chi connectivity index (χ3v) is 2.69. The molecule has 2 N–H and O–H groups in total. The van der Waals surface area contributed by atoms with Gasteiger partial charge in [-0.05, 0) is 22.6 Å². The first-order valence-electron chi connectivity index (χ1n) is 4.41. The maximum atomic E-state index is 5.42. The van der Waals surface area contributed by atoms with Crippen LogP contribution in [0.4, 0.5) is 0 Å². The topological polar surface area (TPSA) is 69.6 Å². The molecule has 0 saturated carbocycles. The van der Waals surface area contributed by atoms with Crippen molar-refractivity contribution in [2.24, 2.45) is 5.73 Å². The van der Waals surface area contributed by atoms with Gasteiger partial charge in [0.15, 0.2) is 5.82 Å². The summed E-state index contributed by atoms with van der Waals surface area (Å²) in [5, 5.41) is 11.4. The first-order chi connectivity index (χ1) is 6.38. The van der Waals surface area contributed by atoms with Gasteiger partial charge in [-0.15, -0.1) is 5.10 Å². The molecule has 0 aliphatic carbocycles. The Morgan fingerprint density at radius 2 is 2.38 bits per heavy atom. The number of hydrogen-bond acceptors (Lipinski definition) is 5. The minimum absolute atomic E-state index is 0.580. The summed E-state index contributed by atoms with van der Waals surface area (Å²) in [5.41, 5.74) is 5.42. The fourth-order valence-electron chi connectivity index (χ4n) is 0.930. The monoisotopic (exact) mass is 201 g/mol. The highest BCUT2D eigenvalue weighted by Gasteiger charge is 2.03. The third-order valence-electron chi connectivity index (χ3n) is 1.53. The molecular weight excluding hydrogens is 186 g/mol. The highest BCUT2D eigenvalue weighted by atomic mass is 32.2. The molecule has 74 valence electrons. The molecule has 0 unspecified atom stereocenters. The van der Waals surface area contributed by atoms with Crippen molar-refractivity contribution in [1.82, 2.24) is 20.2 Å². The van der Waals surface area contributed by atoms with E-state index in [1.807, 2.05) is 11.8 Å². The third kappa shape index (κ3) is 3.31. The smallest absolute Gasteiger partial charge is 0.161 e. The van der Waals surface area contributed by atoms with Gasteiger partial charge in [0.05, 0.1) is 12.3 Å². The number of aromatic nitrogens is 4. The van der Waals surface area contributed by atoms with E-state index in [0.717, 1.165) is 17.3 Å². The van der Waals surface area contributed by atoms with Crippen LogP contribution in [0.3, 0.4) is 0 Å². The predicted molar refractivity (Wildman–Crippen MR) is 53.3 cm³/mol. The van der Waals surface area contributed by atoms with Gasteiger partial charge in [-0.2, -0.15) is 11.8 Å². The van der Waals surface area contributed by atoms with Crippen molar-refractivity contribution in [1.29, 1.82) is 0 Å². The SMILES string of the molecule is CCCSCc1nnnn1CCN. The molecule has 1 rings (SSSR count). The molecule has 5 nitrogen and oxygen atoms in total. The van der Waals surface area contributed by atoms with E-state index in [0.29, 0.717) is 13.1 Å². The largest absolute Gasteiger partial charge is 0.329 e. The fraction of sp³-hybridized carbons (Fsp3) is 0.857. The Kier molecular flexibility index (Phi) is 4.77. The summed E-state index contributed by atoms with van der Waals surface area (Å²) < 4.78 is 1.77. The van der Waals surface area contributed by atoms with E-state index < -0.39 is 0 Å². The van der Waals surface area contributed by atoms with Crippen LogP contribution in [0.5, 0.6) is 0 Å². The maximum Gasteiger partial charge on any atom is 0.161 e. The van der Waals surface area contributed by atoms with Gasteiger partial charge in [-0.3, -0.25) is 0 Å². The Morgan fingerprint density at radius 3 is 3.08 bits per heavy atom. The van der Waals surface area contributed by atoms with Crippen molar-refractivity contribution >= 4 is 11.8 Å². The summed E-state index contributed by atoms with van der Waals surface area (Å²) in [6.07, 6.45) is 1.18. The van der Waals surface area contributed by atoms with Gasteiger partial charge in [-0.1, -0.05) is 6.92 Å². The lowest BCUT2D eigenvalue weighted by Gasteiger charge is -2.01. The van der Waals surface area contributed by atoms with Crippen LogP contribution in [-0.4, -0.2) is 32.5 Å². The Morgan fingerprint density at radius 1 is 1.54 bits per heavy atom. The molecule has 0 aliphatic heterocycles. The molecule has 0 atom stereocenters. The van der Waals surface area contributed by atoms with Gasteiger partial charge in [-0.25, -0.2) is 4.68 Å². The van der Waals surface area contributed by atoms with Gasteiger partial charge in [0.1, 0.15) is 0 Å². The molecule has 6 heteroatoms. The summed E-state index contributed by atoms with van der Waals surface area (Å²) in [6.45, 7) is 3.45. The number of hydrogen-bond donors (Lipinski definition) is 1. The zero-order valence-electron chi connectivity index (χ0n) is 7.81. The molecule has 1 aromatic rings. The Labute approximate surface area is 82.1 Å². The Bertz CT molecular complexity index is 237. The predicted octanol–water partition coefficient (Wildman–Crippen LogP) is 0.275. The number of thioether (sulfide) groups is 1. The first kappa shape index (κ1) is 10.5. The lowest BCUT2D eigenvalue weighted by atomic mass is 10.6. The summed E-state index contributed by atoms with van der Waals surface area (Å²) in [4.78, 5) is 0. The summed E-state index contributed by atoms with van der Waals surface area (Å²) in [7, 11) is 0. The highest BCUT2D eigenvalue weighted by molar-refractivity contribution is 7.98. The maximum absolute atomic E-state index is 5.42. The summed E-state index contributed by atoms with van der Waals surface area (Å²) in [6, 6.07) is 0. The van der Waals surface area contributed by atoms with E-state index in [4.69, 9.17) is 5.73 Å². The number of nitrogens with zero attached hydrogens (tertiary/aromatic N) is 4. The van der Waals surface area contributed by atoms with Crippen molar-refractivity contribution in [2.45, 2.75) is 25.6 Å². The van der Waals surface area contributed by atoms with Gasteiger partial charge >= 0.3 is 0 Å². The molecule has 0 aliphatic rings. The van der Waals surface area contributed by atoms with Gasteiger partial charge < -0.3 is 5.73 Å². The molecule has 1 heterocycles. The van der Waals surface area contributed by atoms with Crippen LogP contribution in [0.1, 0.15) is 19.2 Å². The molecule has 13 heavy (non-hydrogen) atoms. The van der Waals surface area contributed by atoms with Gasteiger partial charge in [0.25, 0.3) is 0 Å². The highest BCUT2D eigenvalue weighted by Crippen LogP contribution is 2.09. The molecule has 0 amide bonds. The van der Waals surface area contributed by atoms with Crippen LogP contribution in [-0.2, 0) is 12.3 Å². The van der Waals surface area contributed by atoms with Crippen LogP contribution in [0.2, 0.25) is 0 Å². The summed E-state index contributed by atoms with van der Waals surface area (Å²) >= 11 is 1.85. The average Bonchev–Trinajstić information content (AvgIpc) is 2.54. The van der Waals surface area contributed by atoms with E-state index in [1.165, 1.54) is 6.42 Å². The van der Waals surface area contributed by atoms with E-state index in [2.05, 4.69) is 22.4 Å². The lowest BCUT2D eigenvalue weighted by Crippen LogP contribution is -2.13. The minimum Gasteiger partial charge on any atom is -0.329 e. The van der Waals surface area contributed by atoms with E-state index in [1.54, 1.807) is 4.68 Å². The van der Waals surface area contributed by atoms with E-state index in [9.17, 15) is 0 Å². The Hall–Kier alpha value is -0.620. The van der Waals surface area contributed by atoms with Gasteiger partial charge in [0, 0.05) is 6.54 Å². The molecule has 0 radical (unpaired) electrons. The van der Waals surface area contributed by atoms with Crippen LogP contribution < -0.4 is 5.73 Å². The molecule has 0 spiro atoms. The lowest BCUT2D eigenvalue weighted by molar-refractivity contribution is 0.582. The first-order valence-corrected chi connectivity index (χ1v) is 5.56. The Balaban J connectivity index is 2.40. The number of rotatable bonds is 6. The van der Waals surface area contributed by atoms with Crippen LogP contribution in [0.25, 0.3) is 0 Å². The number of nitrogens with two attached hydrogens (primary N) is 1. The van der Waals surface area contributed by atoms with Crippen LogP contribution >= 0.6 is 11.8 Å². The van der Waals surface area contributed by atoms with Crippen molar-refractivity contribution in [2.75, 3.05) is 12.3 Å². The normalized spacial score (nSPS) is 10.6. The molecule has 0 aromatic carbocycles. The fourth-order valence-corrected chi connectivity index (χ4v) is 1.75. The average molecular weight is 201 g/mol. The summed E-state index contributed by atoms with van der Waals surface area (Å²) in [5.74, 6) is 2.94. The standard InChI is InChI=1S/C7H15N5S/c1-2-5-13-6-7-9-10-11-12(7)4-3-8/h2-6,8H2,1H3. The molecule has 1 aromatic heterocycles.